The summed E-state index contributed by atoms with van der Waals surface area (Å²) in [6.07, 6.45) is 4.02. The number of hydrogen-bond donors (Lipinski definition) is 0. The Labute approximate surface area is 79.8 Å². The van der Waals surface area contributed by atoms with Crippen LogP contribution in [-0.2, 0) is 0 Å². The standard InChI is InChI=1S/C7H16S2.H2S/c1-3-5-7-9-8-6-4-2;/h3-7H2,1-2H3;1H2. The Hall–Kier alpha value is 1.05. The lowest BCUT2D eigenvalue weighted by Gasteiger charge is -1.95. The van der Waals surface area contributed by atoms with Gasteiger partial charge in [-0.3, -0.25) is 0 Å². The van der Waals surface area contributed by atoms with Gasteiger partial charge < -0.3 is 0 Å². The topological polar surface area (TPSA) is 0 Å². The number of rotatable bonds is 6. The van der Waals surface area contributed by atoms with Crippen LogP contribution in [0.3, 0.4) is 0 Å². The first-order valence-corrected chi connectivity index (χ1v) is 6.15. The first-order valence-electron chi connectivity index (χ1n) is 3.66. The van der Waals surface area contributed by atoms with Crippen LogP contribution in [0.4, 0.5) is 0 Å². The van der Waals surface area contributed by atoms with E-state index in [9.17, 15) is 0 Å². The molecule has 0 saturated carbocycles. The van der Waals surface area contributed by atoms with Gasteiger partial charge in [0.1, 0.15) is 0 Å². The molecule has 0 amide bonds. The molecule has 0 aromatic carbocycles. The Bertz CT molecular complexity index is 42.1. The highest BCUT2D eigenvalue weighted by atomic mass is 33.1. The van der Waals surface area contributed by atoms with Crippen molar-refractivity contribution in [2.75, 3.05) is 11.5 Å². The summed E-state index contributed by atoms with van der Waals surface area (Å²) in [4.78, 5) is 0. The van der Waals surface area contributed by atoms with Gasteiger partial charge in [-0.15, -0.1) is 0 Å². The predicted molar refractivity (Wildman–Crippen MR) is 60.5 cm³/mol. The van der Waals surface area contributed by atoms with Crippen molar-refractivity contribution < 1.29 is 0 Å². The predicted octanol–water partition coefficient (Wildman–Crippen LogP) is 3.69. The molecule has 10 heavy (non-hydrogen) atoms. The van der Waals surface area contributed by atoms with E-state index in [-0.39, 0.29) is 13.5 Å². The third kappa shape index (κ3) is 11.8. The molecule has 0 aliphatic carbocycles. The monoisotopic (exact) mass is 198 g/mol. The van der Waals surface area contributed by atoms with E-state index in [0.717, 1.165) is 0 Å². The summed E-state index contributed by atoms with van der Waals surface area (Å²) >= 11 is 0. The van der Waals surface area contributed by atoms with Gasteiger partial charge in [0, 0.05) is 11.5 Å². The molecule has 64 valence electrons. The minimum absolute atomic E-state index is 0. The van der Waals surface area contributed by atoms with Crippen molar-refractivity contribution in [1.29, 1.82) is 0 Å². The first kappa shape index (κ1) is 13.6. The Kier molecular flexibility index (Phi) is 17.3. The van der Waals surface area contributed by atoms with Gasteiger partial charge in [0.15, 0.2) is 0 Å². The van der Waals surface area contributed by atoms with E-state index in [0.29, 0.717) is 0 Å². The number of hydrogen-bond acceptors (Lipinski definition) is 2. The Morgan fingerprint density at radius 2 is 1.50 bits per heavy atom. The molecule has 0 atom stereocenters. The average molecular weight is 198 g/mol. The fourth-order valence-corrected chi connectivity index (χ4v) is 2.77. The minimum atomic E-state index is 0. The maximum atomic E-state index is 2.24. The fraction of sp³-hybridized carbons (Fsp3) is 1.00. The number of unbranched alkanes of at least 4 members (excludes halogenated alkanes) is 1. The average Bonchev–Trinajstić information content (AvgIpc) is 1.89. The lowest BCUT2D eigenvalue weighted by atomic mass is 10.4. The summed E-state index contributed by atoms with van der Waals surface area (Å²) in [5, 5.41) is 0. The first-order chi connectivity index (χ1) is 4.41. The Morgan fingerprint density at radius 1 is 0.900 bits per heavy atom. The highest BCUT2D eigenvalue weighted by molar-refractivity contribution is 8.76. The van der Waals surface area contributed by atoms with Crippen LogP contribution in [0.25, 0.3) is 0 Å². The van der Waals surface area contributed by atoms with Crippen molar-refractivity contribution in [1.82, 2.24) is 0 Å². The van der Waals surface area contributed by atoms with E-state index < -0.39 is 0 Å². The molecular weight excluding hydrogens is 180 g/mol. The van der Waals surface area contributed by atoms with Crippen LogP contribution in [0.15, 0.2) is 0 Å². The van der Waals surface area contributed by atoms with Crippen LogP contribution in [0.5, 0.6) is 0 Å². The third-order valence-corrected chi connectivity index (χ3v) is 3.65. The zero-order chi connectivity index (χ0) is 6.95. The molecule has 0 aliphatic rings. The molecule has 0 aromatic heterocycles. The van der Waals surface area contributed by atoms with E-state index in [1.165, 1.54) is 30.8 Å². The molecule has 0 bridgehead atoms. The van der Waals surface area contributed by atoms with E-state index >= 15 is 0 Å². The molecule has 0 unspecified atom stereocenters. The molecule has 0 fully saturated rings. The van der Waals surface area contributed by atoms with Crippen molar-refractivity contribution >= 4 is 35.1 Å². The molecular formula is C7H18S3. The third-order valence-electron chi connectivity index (χ3n) is 0.952. The fourth-order valence-electron chi connectivity index (χ4n) is 0.404. The maximum Gasteiger partial charge on any atom is 0.00368 e. The van der Waals surface area contributed by atoms with Crippen molar-refractivity contribution in [3.8, 4) is 0 Å². The summed E-state index contributed by atoms with van der Waals surface area (Å²) in [5.41, 5.74) is 0. The Morgan fingerprint density at radius 3 is 2.00 bits per heavy atom. The van der Waals surface area contributed by atoms with Gasteiger partial charge in [0.05, 0.1) is 0 Å². The van der Waals surface area contributed by atoms with E-state index in [2.05, 4.69) is 13.8 Å². The SMILES string of the molecule is CCCCSSCCC.S. The van der Waals surface area contributed by atoms with Gasteiger partial charge >= 0.3 is 0 Å². The van der Waals surface area contributed by atoms with Gasteiger partial charge in [-0.1, -0.05) is 41.9 Å². The highest BCUT2D eigenvalue weighted by Gasteiger charge is 1.86. The molecule has 3 heteroatoms. The lowest BCUT2D eigenvalue weighted by Crippen LogP contribution is -1.74. The zero-order valence-electron chi connectivity index (χ0n) is 6.85. The van der Waals surface area contributed by atoms with E-state index in [1.807, 2.05) is 21.6 Å². The van der Waals surface area contributed by atoms with Gasteiger partial charge in [-0.05, 0) is 12.8 Å². The summed E-state index contributed by atoms with van der Waals surface area (Å²) in [5.74, 6) is 2.65. The second kappa shape index (κ2) is 12.7. The van der Waals surface area contributed by atoms with E-state index in [4.69, 9.17) is 0 Å². The highest BCUT2D eigenvalue weighted by Crippen LogP contribution is 2.22. The molecule has 0 N–H and O–H groups in total. The van der Waals surface area contributed by atoms with Gasteiger partial charge in [-0.25, -0.2) is 0 Å². The molecule has 0 spiro atoms. The van der Waals surface area contributed by atoms with E-state index in [1.54, 1.807) is 0 Å². The van der Waals surface area contributed by atoms with Crippen LogP contribution < -0.4 is 0 Å². The minimum Gasteiger partial charge on any atom is -0.197 e. The Balaban J connectivity index is 0. The van der Waals surface area contributed by atoms with Crippen LogP contribution in [0.2, 0.25) is 0 Å². The second-order valence-electron chi connectivity index (χ2n) is 2.00. The molecule has 0 heterocycles. The summed E-state index contributed by atoms with van der Waals surface area (Å²) in [7, 11) is 4.03. The van der Waals surface area contributed by atoms with Crippen LogP contribution >= 0.6 is 35.1 Å². The second-order valence-corrected chi connectivity index (χ2v) is 4.70. The van der Waals surface area contributed by atoms with Crippen LogP contribution in [0.1, 0.15) is 33.1 Å². The van der Waals surface area contributed by atoms with Crippen molar-refractivity contribution in [2.45, 2.75) is 33.1 Å². The summed E-state index contributed by atoms with van der Waals surface area (Å²) in [6, 6.07) is 0. The van der Waals surface area contributed by atoms with Crippen LogP contribution in [0, 0.1) is 0 Å². The van der Waals surface area contributed by atoms with Gasteiger partial charge in [0.2, 0.25) is 0 Å². The molecule has 0 aromatic rings. The molecule has 0 aliphatic heterocycles. The normalized spacial score (nSPS) is 9.00. The van der Waals surface area contributed by atoms with Crippen molar-refractivity contribution in [2.24, 2.45) is 0 Å². The maximum absolute atomic E-state index is 2.24. The van der Waals surface area contributed by atoms with Crippen molar-refractivity contribution in [3.05, 3.63) is 0 Å². The smallest absolute Gasteiger partial charge is 0.00368 e. The summed E-state index contributed by atoms with van der Waals surface area (Å²) in [6.45, 7) is 4.47. The quantitative estimate of drug-likeness (QED) is 0.471. The molecule has 0 rings (SSSR count). The summed E-state index contributed by atoms with van der Waals surface area (Å²) < 4.78 is 0. The van der Waals surface area contributed by atoms with Crippen molar-refractivity contribution in [3.63, 3.8) is 0 Å². The van der Waals surface area contributed by atoms with Gasteiger partial charge in [-0.2, -0.15) is 13.5 Å². The van der Waals surface area contributed by atoms with Crippen LogP contribution in [-0.4, -0.2) is 11.5 Å². The molecule has 0 saturated heterocycles. The molecule has 0 radical (unpaired) electrons. The zero-order valence-corrected chi connectivity index (χ0v) is 9.49. The molecule has 0 nitrogen and oxygen atoms in total. The van der Waals surface area contributed by atoms with Gasteiger partial charge in [0.25, 0.3) is 0 Å². The lowest BCUT2D eigenvalue weighted by molar-refractivity contribution is 0.898. The largest absolute Gasteiger partial charge is 0.197 e.